The lowest BCUT2D eigenvalue weighted by molar-refractivity contribution is -0.125. The number of carbonyl (C=O) groups is 1. The fraction of sp³-hybridized carbons (Fsp3) is 0.933. The number of nitrogens with two attached hydrogens (primary N) is 1. The Morgan fingerprint density at radius 2 is 1.61 bits per heavy atom. The third-order valence-electron chi connectivity index (χ3n) is 4.04. The van der Waals surface area contributed by atoms with Gasteiger partial charge in [0.05, 0.1) is 5.41 Å². The van der Waals surface area contributed by atoms with Gasteiger partial charge in [-0.1, -0.05) is 51.9 Å². The van der Waals surface area contributed by atoms with Crippen molar-refractivity contribution in [1.82, 2.24) is 5.32 Å². The lowest BCUT2D eigenvalue weighted by Gasteiger charge is -2.12. The van der Waals surface area contributed by atoms with Crippen molar-refractivity contribution in [2.45, 2.75) is 71.1 Å². The molecule has 3 N–H and O–H groups in total. The minimum atomic E-state index is -0.180. The van der Waals surface area contributed by atoms with Gasteiger partial charge >= 0.3 is 0 Å². The van der Waals surface area contributed by atoms with Crippen LogP contribution < -0.4 is 11.1 Å². The smallest absolute Gasteiger partial charge is 0.227 e. The highest BCUT2D eigenvalue weighted by atomic mass is 16.2. The third kappa shape index (κ3) is 5.38. The van der Waals surface area contributed by atoms with E-state index in [1.54, 1.807) is 0 Å². The van der Waals surface area contributed by atoms with Crippen LogP contribution in [0.15, 0.2) is 0 Å². The molecule has 3 heteroatoms. The highest BCUT2D eigenvalue weighted by molar-refractivity contribution is 5.85. The molecule has 0 heterocycles. The van der Waals surface area contributed by atoms with E-state index < -0.39 is 0 Å². The van der Waals surface area contributed by atoms with Crippen molar-refractivity contribution in [2.24, 2.45) is 11.1 Å². The number of unbranched alkanes of at least 4 members (excludes halogenated alkanes) is 7. The van der Waals surface area contributed by atoms with Crippen LogP contribution in [0, 0.1) is 5.41 Å². The summed E-state index contributed by atoms with van der Waals surface area (Å²) in [5, 5.41) is 3.03. The van der Waals surface area contributed by atoms with Gasteiger partial charge in [0, 0.05) is 13.1 Å². The largest absolute Gasteiger partial charge is 0.356 e. The first-order valence-electron chi connectivity index (χ1n) is 7.73. The van der Waals surface area contributed by atoms with Crippen LogP contribution in [-0.4, -0.2) is 19.0 Å². The maximum Gasteiger partial charge on any atom is 0.227 e. The van der Waals surface area contributed by atoms with Gasteiger partial charge in [-0.3, -0.25) is 4.79 Å². The molecule has 0 atom stereocenters. The summed E-state index contributed by atoms with van der Waals surface area (Å²) in [6, 6.07) is 0. The second kappa shape index (κ2) is 8.52. The highest BCUT2D eigenvalue weighted by Gasteiger charge is 2.48. The minimum absolute atomic E-state index is 0.180. The molecule has 1 fully saturated rings. The fourth-order valence-electron chi connectivity index (χ4n) is 2.32. The van der Waals surface area contributed by atoms with Crippen LogP contribution in [0.3, 0.4) is 0 Å². The van der Waals surface area contributed by atoms with Gasteiger partial charge < -0.3 is 11.1 Å². The summed E-state index contributed by atoms with van der Waals surface area (Å²) in [5.74, 6) is 0.188. The number of hydrogen-bond acceptors (Lipinski definition) is 2. The van der Waals surface area contributed by atoms with E-state index in [9.17, 15) is 4.79 Å². The van der Waals surface area contributed by atoms with Crippen molar-refractivity contribution in [2.75, 3.05) is 13.1 Å². The molecule has 1 amide bonds. The SMILES string of the molecule is CCCCCCCCCCNC(=O)C1(CN)CC1. The monoisotopic (exact) mass is 254 g/mol. The first-order chi connectivity index (χ1) is 8.75. The summed E-state index contributed by atoms with van der Waals surface area (Å²) in [4.78, 5) is 11.8. The Balaban J connectivity index is 1.85. The zero-order valence-electron chi connectivity index (χ0n) is 12.0. The normalized spacial score (nSPS) is 16.6. The van der Waals surface area contributed by atoms with Gasteiger partial charge in [0.2, 0.25) is 5.91 Å². The topological polar surface area (TPSA) is 55.1 Å². The van der Waals surface area contributed by atoms with E-state index in [4.69, 9.17) is 5.73 Å². The van der Waals surface area contributed by atoms with Crippen LogP contribution in [0.2, 0.25) is 0 Å². The Labute approximate surface area is 112 Å². The van der Waals surface area contributed by atoms with Gasteiger partial charge in [-0.05, 0) is 19.3 Å². The van der Waals surface area contributed by atoms with Crippen LogP contribution in [0.25, 0.3) is 0 Å². The molecule has 1 aliphatic rings. The number of amides is 1. The number of nitrogens with one attached hydrogen (secondary N) is 1. The Bertz CT molecular complexity index is 237. The number of carbonyl (C=O) groups excluding carboxylic acids is 1. The second-order valence-electron chi connectivity index (χ2n) is 5.72. The highest BCUT2D eigenvalue weighted by Crippen LogP contribution is 2.44. The van der Waals surface area contributed by atoms with Crippen LogP contribution in [0.5, 0.6) is 0 Å². The van der Waals surface area contributed by atoms with Crippen LogP contribution >= 0.6 is 0 Å². The van der Waals surface area contributed by atoms with Gasteiger partial charge in [-0.25, -0.2) is 0 Å². The summed E-state index contributed by atoms with van der Waals surface area (Å²) in [6.07, 6.45) is 12.4. The van der Waals surface area contributed by atoms with E-state index in [0.717, 1.165) is 25.8 Å². The average Bonchev–Trinajstić information content (AvgIpc) is 3.17. The summed E-state index contributed by atoms with van der Waals surface area (Å²) < 4.78 is 0. The van der Waals surface area contributed by atoms with Crippen molar-refractivity contribution < 1.29 is 4.79 Å². The molecular weight excluding hydrogens is 224 g/mol. The minimum Gasteiger partial charge on any atom is -0.356 e. The van der Waals surface area contributed by atoms with Crippen molar-refractivity contribution in [3.05, 3.63) is 0 Å². The van der Waals surface area contributed by atoms with E-state index in [1.165, 1.54) is 44.9 Å². The number of rotatable bonds is 11. The van der Waals surface area contributed by atoms with Crippen LogP contribution in [0.1, 0.15) is 71.1 Å². The third-order valence-corrected chi connectivity index (χ3v) is 4.04. The van der Waals surface area contributed by atoms with E-state index in [0.29, 0.717) is 6.54 Å². The number of hydrogen-bond donors (Lipinski definition) is 2. The average molecular weight is 254 g/mol. The van der Waals surface area contributed by atoms with Crippen molar-refractivity contribution >= 4 is 5.91 Å². The maximum absolute atomic E-state index is 11.8. The Morgan fingerprint density at radius 3 is 2.11 bits per heavy atom. The van der Waals surface area contributed by atoms with E-state index in [-0.39, 0.29) is 11.3 Å². The van der Waals surface area contributed by atoms with Crippen molar-refractivity contribution in [3.8, 4) is 0 Å². The zero-order valence-corrected chi connectivity index (χ0v) is 12.0. The van der Waals surface area contributed by atoms with Crippen molar-refractivity contribution in [1.29, 1.82) is 0 Å². The molecule has 1 rings (SSSR count). The molecule has 0 radical (unpaired) electrons. The van der Waals surface area contributed by atoms with Gasteiger partial charge in [0.15, 0.2) is 0 Å². The lowest BCUT2D eigenvalue weighted by atomic mass is 10.1. The Kier molecular flexibility index (Phi) is 7.33. The molecule has 0 aromatic heterocycles. The van der Waals surface area contributed by atoms with Crippen LogP contribution in [0.4, 0.5) is 0 Å². The molecule has 0 aromatic carbocycles. The molecule has 0 unspecified atom stereocenters. The molecule has 3 nitrogen and oxygen atoms in total. The molecule has 1 saturated carbocycles. The molecular formula is C15H30N2O. The fourth-order valence-corrected chi connectivity index (χ4v) is 2.32. The summed E-state index contributed by atoms with van der Waals surface area (Å²) >= 11 is 0. The first-order valence-corrected chi connectivity index (χ1v) is 7.73. The summed E-state index contributed by atoms with van der Waals surface area (Å²) in [5.41, 5.74) is 5.44. The predicted molar refractivity (Wildman–Crippen MR) is 76.3 cm³/mol. The molecule has 0 aromatic rings. The standard InChI is InChI=1S/C15H30N2O/c1-2-3-4-5-6-7-8-9-12-17-14(18)15(13-16)10-11-15/h2-13,16H2,1H3,(H,17,18). The van der Waals surface area contributed by atoms with Crippen LogP contribution in [-0.2, 0) is 4.79 Å². The second-order valence-corrected chi connectivity index (χ2v) is 5.72. The maximum atomic E-state index is 11.8. The van der Waals surface area contributed by atoms with Gasteiger partial charge in [-0.15, -0.1) is 0 Å². The summed E-state index contributed by atoms with van der Waals surface area (Å²) in [7, 11) is 0. The lowest BCUT2D eigenvalue weighted by Crippen LogP contribution is -2.37. The predicted octanol–water partition coefficient (Wildman–Crippen LogP) is 2.98. The van der Waals surface area contributed by atoms with Gasteiger partial charge in [-0.2, -0.15) is 0 Å². The molecule has 106 valence electrons. The van der Waals surface area contributed by atoms with E-state index in [2.05, 4.69) is 12.2 Å². The zero-order chi connectivity index (χ0) is 13.3. The molecule has 1 aliphatic carbocycles. The van der Waals surface area contributed by atoms with E-state index >= 15 is 0 Å². The molecule has 0 saturated heterocycles. The van der Waals surface area contributed by atoms with Gasteiger partial charge in [0.25, 0.3) is 0 Å². The quantitative estimate of drug-likeness (QED) is 0.557. The Morgan fingerprint density at radius 1 is 1.06 bits per heavy atom. The molecule has 0 aliphatic heterocycles. The first kappa shape index (κ1) is 15.5. The molecule has 0 bridgehead atoms. The Hall–Kier alpha value is -0.570. The molecule has 18 heavy (non-hydrogen) atoms. The molecule has 0 spiro atoms. The van der Waals surface area contributed by atoms with E-state index in [1.807, 2.05) is 0 Å². The summed E-state index contributed by atoms with van der Waals surface area (Å²) in [6.45, 7) is 3.59. The van der Waals surface area contributed by atoms with Gasteiger partial charge in [0.1, 0.15) is 0 Å². The van der Waals surface area contributed by atoms with Crippen molar-refractivity contribution in [3.63, 3.8) is 0 Å².